The Morgan fingerprint density at radius 1 is 1.50 bits per heavy atom. The topological polar surface area (TPSA) is 33.1 Å². The molecule has 0 radical (unpaired) electrons. The lowest BCUT2D eigenvalue weighted by atomic mass is 9.87. The van der Waals surface area contributed by atoms with Crippen LogP contribution in [-0.2, 0) is 13.6 Å². The van der Waals surface area contributed by atoms with Crippen molar-refractivity contribution in [1.82, 2.24) is 20.0 Å². The summed E-state index contributed by atoms with van der Waals surface area (Å²) in [6.45, 7) is 12.5. The molecular weight excluding hydrogens is 248 g/mol. The Hall–Kier alpha value is -0.870. The summed E-state index contributed by atoms with van der Waals surface area (Å²) in [7, 11) is 1.99. The molecule has 1 aliphatic rings. The standard InChI is InChI=1S/C16H30N4/c1-6-13(3)15-11-20(16(4,7-2)12-17-15)10-14-8-18-19(5)9-14/h8-9,13,15,17H,6-7,10-12H2,1-5H3. The van der Waals surface area contributed by atoms with E-state index in [-0.39, 0.29) is 5.54 Å². The van der Waals surface area contributed by atoms with Crippen molar-refractivity contribution >= 4 is 0 Å². The predicted molar refractivity (Wildman–Crippen MR) is 83.6 cm³/mol. The number of aromatic nitrogens is 2. The Kier molecular flexibility index (Phi) is 4.86. The number of hydrogen-bond donors (Lipinski definition) is 1. The van der Waals surface area contributed by atoms with E-state index in [0.717, 1.165) is 25.6 Å². The summed E-state index contributed by atoms with van der Waals surface area (Å²) in [6.07, 6.45) is 6.54. The van der Waals surface area contributed by atoms with Gasteiger partial charge in [0.15, 0.2) is 0 Å². The van der Waals surface area contributed by atoms with Crippen LogP contribution in [-0.4, -0.2) is 39.4 Å². The summed E-state index contributed by atoms with van der Waals surface area (Å²) in [5.74, 6) is 0.729. The number of nitrogens with zero attached hydrogens (tertiary/aromatic N) is 3. The van der Waals surface area contributed by atoms with Gasteiger partial charge < -0.3 is 5.32 Å². The van der Waals surface area contributed by atoms with Gasteiger partial charge in [0.25, 0.3) is 0 Å². The quantitative estimate of drug-likeness (QED) is 0.898. The van der Waals surface area contributed by atoms with Crippen molar-refractivity contribution < 1.29 is 0 Å². The van der Waals surface area contributed by atoms with Crippen LogP contribution >= 0.6 is 0 Å². The first-order valence-corrected chi connectivity index (χ1v) is 7.94. The van der Waals surface area contributed by atoms with Crippen LogP contribution in [0, 0.1) is 5.92 Å². The summed E-state index contributed by atoms with van der Waals surface area (Å²) in [5.41, 5.74) is 1.57. The maximum atomic E-state index is 4.30. The van der Waals surface area contributed by atoms with Gasteiger partial charge in [-0.05, 0) is 19.3 Å². The van der Waals surface area contributed by atoms with Gasteiger partial charge in [0.1, 0.15) is 0 Å². The van der Waals surface area contributed by atoms with E-state index in [1.165, 1.54) is 18.4 Å². The summed E-state index contributed by atoms with van der Waals surface area (Å²) >= 11 is 0. The number of hydrogen-bond acceptors (Lipinski definition) is 3. The maximum absolute atomic E-state index is 4.30. The molecule has 0 aromatic carbocycles. The summed E-state index contributed by atoms with van der Waals surface area (Å²) in [6, 6.07) is 0.608. The lowest BCUT2D eigenvalue weighted by Gasteiger charge is -2.49. The fourth-order valence-electron chi connectivity index (χ4n) is 3.03. The second kappa shape index (κ2) is 6.27. The van der Waals surface area contributed by atoms with Crippen LogP contribution in [0.25, 0.3) is 0 Å². The third kappa shape index (κ3) is 3.23. The Bertz CT molecular complexity index is 428. The zero-order chi connectivity index (χ0) is 14.8. The van der Waals surface area contributed by atoms with Gasteiger partial charge in [-0.25, -0.2) is 0 Å². The fraction of sp³-hybridized carbons (Fsp3) is 0.812. The molecule has 2 rings (SSSR count). The van der Waals surface area contributed by atoms with Crippen LogP contribution < -0.4 is 5.32 Å². The van der Waals surface area contributed by atoms with Crippen LogP contribution in [0.15, 0.2) is 12.4 Å². The number of piperazine rings is 1. The zero-order valence-electron chi connectivity index (χ0n) is 13.7. The molecule has 4 heteroatoms. The third-order valence-corrected chi connectivity index (χ3v) is 5.15. The zero-order valence-corrected chi connectivity index (χ0v) is 13.7. The molecule has 0 spiro atoms. The molecule has 3 unspecified atom stereocenters. The predicted octanol–water partition coefficient (Wildman–Crippen LogP) is 2.41. The van der Waals surface area contributed by atoms with Crippen molar-refractivity contribution in [3.05, 3.63) is 18.0 Å². The maximum Gasteiger partial charge on any atom is 0.0534 e. The second-order valence-electron chi connectivity index (χ2n) is 6.63. The monoisotopic (exact) mass is 278 g/mol. The van der Waals surface area contributed by atoms with Crippen molar-refractivity contribution in [1.29, 1.82) is 0 Å². The van der Waals surface area contributed by atoms with Crippen LogP contribution in [0.5, 0.6) is 0 Å². The highest BCUT2D eigenvalue weighted by molar-refractivity contribution is 5.07. The lowest BCUT2D eigenvalue weighted by molar-refractivity contribution is 0.0294. The van der Waals surface area contributed by atoms with Crippen molar-refractivity contribution in [3.63, 3.8) is 0 Å². The largest absolute Gasteiger partial charge is 0.311 e. The molecule has 1 aromatic rings. The molecule has 0 saturated carbocycles. The first-order chi connectivity index (χ1) is 9.48. The first-order valence-electron chi connectivity index (χ1n) is 7.94. The molecule has 1 N–H and O–H groups in total. The molecule has 3 atom stereocenters. The van der Waals surface area contributed by atoms with Gasteiger partial charge in [0.2, 0.25) is 0 Å². The molecule has 20 heavy (non-hydrogen) atoms. The van der Waals surface area contributed by atoms with E-state index in [2.05, 4.69) is 49.2 Å². The Morgan fingerprint density at radius 2 is 2.25 bits per heavy atom. The van der Waals surface area contributed by atoms with Gasteiger partial charge in [0, 0.05) is 50.0 Å². The van der Waals surface area contributed by atoms with Gasteiger partial charge >= 0.3 is 0 Å². The van der Waals surface area contributed by atoms with E-state index in [4.69, 9.17) is 0 Å². The van der Waals surface area contributed by atoms with Gasteiger partial charge in [-0.15, -0.1) is 0 Å². The average molecular weight is 278 g/mol. The highest BCUT2D eigenvalue weighted by Gasteiger charge is 2.37. The summed E-state index contributed by atoms with van der Waals surface area (Å²) in [4.78, 5) is 2.65. The van der Waals surface area contributed by atoms with Crippen molar-refractivity contribution in [2.45, 2.75) is 58.7 Å². The van der Waals surface area contributed by atoms with Gasteiger partial charge in [0.05, 0.1) is 6.20 Å². The van der Waals surface area contributed by atoms with E-state index in [9.17, 15) is 0 Å². The van der Waals surface area contributed by atoms with Crippen molar-refractivity contribution in [2.75, 3.05) is 13.1 Å². The molecule has 0 bridgehead atoms. The van der Waals surface area contributed by atoms with Crippen molar-refractivity contribution in [2.24, 2.45) is 13.0 Å². The van der Waals surface area contributed by atoms with Gasteiger partial charge in [-0.3, -0.25) is 9.58 Å². The molecule has 1 aromatic heterocycles. The molecule has 0 aliphatic carbocycles. The number of aryl methyl sites for hydroxylation is 1. The number of nitrogens with one attached hydrogen (secondary N) is 1. The highest BCUT2D eigenvalue weighted by Crippen LogP contribution is 2.27. The highest BCUT2D eigenvalue weighted by atomic mass is 15.3. The van der Waals surface area contributed by atoms with Crippen LogP contribution in [0.3, 0.4) is 0 Å². The number of rotatable bonds is 5. The van der Waals surface area contributed by atoms with E-state index >= 15 is 0 Å². The third-order valence-electron chi connectivity index (χ3n) is 5.15. The minimum absolute atomic E-state index is 0.250. The molecule has 114 valence electrons. The van der Waals surface area contributed by atoms with Crippen molar-refractivity contribution in [3.8, 4) is 0 Å². The minimum Gasteiger partial charge on any atom is -0.311 e. The molecule has 1 saturated heterocycles. The molecule has 0 amide bonds. The smallest absolute Gasteiger partial charge is 0.0534 e. The minimum atomic E-state index is 0.250. The normalized spacial score (nSPS) is 29.6. The molecule has 4 nitrogen and oxygen atoms in total. The average Bonchev–Trinajstić information content (AvgIpc) is 2.86. The Balaban J connectivity index is 2.11. The Labute approximate surface area is 123 Å². The van der Waals surface area contributed by atoms with Crippen LogP contribution in [0.4, 0.5) is 0 Å². The summed E-state index contributed by atoms with van der Waals surface area (Å²) < 4.78 is 1.90. The van der Waals surface area contributed by atoms with Gasteiger partial charge in [-0.1, -0.05) is 27.2 Å². The molecule has 1 fully saturated rings. The molecular formula is C16H30N4. The van der Waals surface area contributed by atoms with E-state index in [0.29, 0.717) is 6.04 Å². The van der Waals surface area contributed by atoms with Crippen LogP contribution in [0.2, 0.25) is 0 Å². The van der Waals surface area contributed by atoms with Gasteiger partial charge in [-0.2, -0.15) is 5.10 Å². The summed E-state index contributed by atoms with van der Waals surface area (Å²) in [5, 5.41) is 8.07. The fourth-order valence-corrected chi connectivity index (χ4v) is 3.03. The first kappa shape index (κ1) is 15.5. The molecule has 2 heterocycles. The Morgan fingerprint density at radius 3 is 2.80 bits per heavy atom. The second-order valence-corrected chi connectivity index (χ2v) is 6.63. The molecule has 1 aliphatic heterocycles. The van der Waals surface area contributed by atoms with E-state index < -0.39 is 0 Å². The van der Waals surface area contributed by atoms with E-state index in [1.807, 2.05) is 17.9 Å². The van der Waals surface area contributed by atoms with Crippen LogP contribution in [0.1, 0.15) is 46.1 Å². The van der Waals surface area contributed by atoms with E-state index in [1.54, 1.807) is 0 Å². The lowest BCUT2D eigenvalue weighted by Crippen LogP contribution is -2.63. The SMILES string of the molecule is CCC(C)C1CN(Cc2cnn(C)c2)C(C)(CC)CN1.